The van der Waals surface area contributed by atoms with Crippen LogP contribution in [-0.2, 0) is 0 Å². The molecule has 5 nitrogen and oxygen atoms in total. The van der Waals surface area contributed by atoms with Gasteiger partial charge in [0.05, 0.1) is 12.1 Å². The zero-order valence-electron chi connectivity index (χ0n) is 13.2. The highest BCUT2D eigenvalue weighted by atomic mass is 16.3. The van der Waals surface area contributed by atoms with Crippen LogP contribution in [0.4, 0.5) is 0 Å². The standard InChI is InChI=1S/C17H24N2O3/c1-12(2)18-15(21)13-5-7-14(8-6-13)16(22)19-17(11-20)9-3-4-10-17/h5-8,12,20H,3-4,9-11H2,1-2H3,(H,18,21)(H,19,22). The van der Waals surface area contributed by atoms with Gasteiger partial charge in [0.15, 0.2) is 0 Å². The summed E-state index contributed by atoms with van der Waals surface area (Å²) in [6.07, 6.45) is 3.67. The third kappa shape index (κ3) is 3.85. The zero-order valence-corrected chi connectivity index (χ0v) is 13.2. The minimum Gasteiger partial charge on any atom is -0.394 e. The van der Waals surface area contributed by atoms with Crippen LogP contribution in [0.25, 0.3) is 0 Å². The predicted octanol–water partition coefficient (Wildman–Crippen LogP) is 1.86. The molecule has 0 atom stereocenters. The average Bonchev–Trinajstić information content (AvgIpc) is 2.96. The first kappa shape index (κ1) is 16.5. The predicted molar refractivity (Wildman–Crippen MR) is 84.8 cm³/mol. The van der Waals surface area contributed by atoms with Gasteiger partial charge in [-0.25, -0.2) is 0 Å². The lowest BCUT2D eigenvalue weighted by Gasteiger charge is -2.28. The van der Waals surface area contributed by atoms with E-state index < -0.39 is 5.54 Å². The number of nitrogens with one attached hydrogen (secondary N) is 2. The summed E-state index contributed by atoms with van der Waals surface area (Å²) in [7, 11) is 0. The van der Waals surface area contributed by atoms with Gasteiger partial charge in [0.1, 0.15) is 0 Å². The van der Waals surface area contributed by atoms with Crippen LogP contribution < -0.4 is 10.6 Å². The summed E-state index contributed by atoms with van der Waals surface area (Å²) in [6, 6.07) is 6.65. The molecule has 0 heterocycles. The van der Waals surface area contributed by atoms with Gasteiger partial charge in [-0.1, -0.05) is 12.8 Å². The molecule has 22 heavy (non-hydrogen) atoms. The number of benzene rings is 1. The Bertz CT molecular complexity index is 531. The molecule has 0 radical (unpaired) electrons. The van der Waals surface area contributed by atoms with Gasteiger partial charge in [-0.15, -0.1) is 0 Å². The molecular weight excluding hydrogens is 280 g/mol. The van der Waals surface area contributed by atoms with Crippen molar-refractivity contribution < 1.29 is 14.7 Å². The molecule has 1 saturated carbocycles. The quantitative estimate of drug-likeness (QED) is 0.777. The van der Waals surface area contributed by atoms with Gasteiger partial charge >= 0.3 is 0 Å². The molecule has 0 aromatic heterocycles. The topological polar surface area (TPSA) is 78.4 Å². The van der Waals surface area contributed by atoms with Crippen LogP contribution >= 0.6 is 0 Å². The molecule has 1 aromatic carbocycles. The Morgan fingerprint density at radius 2 is 1.59 bits per heavy atom. The lowest BCUT2D eigenvalue weighted by atomic mass is 9.98. The molecule has 3 N–H and O–H groups in total. The smallest absolute Gasteiger partial charge is 0.251 e. The minimum absolute atomic E-state index is 0.0341. The molecule has 1 fully saturated rings. The third-order valence-electron chi connectivity index (χ3n) is 4.07. The summed E-state index contributed by atoms with van der Waals surface area (Å²) in [6.45, 7) is 3.76. The van der Waals surface area contributed by atoms with E-state index in [1.807, 2.05) is 13.8 Å². The Hall–Kier alpha value is -1.88. The summed E-state index contributed by atoms with van der Waals surface area (Å²) in [5.74, 6) is -0.351. The number of carbonyl (C=O) groups excluding carboxylic acids is 2. The molecule has 1 aliphatic carbocycles. The summed E-state index contributed by atoms with van der Waals surface area (Å²) in [5, 5.41) is 15.3. The van der Waals surface area contributed by atoms with Gasteiger partial charge in [-0.2, -0.15) is 0 Å². The number of amides is 2. The Morgan fingerprint density at radius 1 is 1.09 bits per heavy atom. The fourth-order valence-corrected chi connectivity index (χ4v) is 2.81. The van der Waals surface area contributed by atoms with Crippen molar-refractivity contribution >= 4 is 11.8 Å². The number of rotatable bonds is 5. The van der Waals surface area contributed by atoms with Gasteiger partial charge in [0, 0.05) is 17.2 Å². The van der Waals surface area contributed by atoms with Crippen molar-refractivity contribution in [3.63, 3.8) is 0 Å². The molecule has 2 rings (SSSR count). The maximum atomic E-state index is 12.3. The van der Waals surface area contributed by atoms with Crippen molar-refractivity contribution in [3.8, 4) is 0 Å². The van der Waals surface area contributed by atoms with E-state index in [0.29, 0.717) is 11.1 Å². The minimum atomic E-state index is -0.481. The summed E-state index contributed by atoms with van der Waals surface area (Å²) in [4.78, 5) is 24.2. The van der Waals surface area contributed by atoms with E-state index in [9.17, 15) is 14.7 Å². The van der Waals surface area contributed by atoms with Gasteiger partial charge in [0.25, 0.3) is 11.8 Å². The van der Waals surface area contributed by atoms with Crippen molar-refractivity contribution in [2.45, 2.75) is 51.1 Å². The molecule has 2 amide bonds. The number of hydrogen-bond acceptors (Lipinski definition) is 3. The molecule has 1 aliphatic rings. The van der Waals surface area contributed by atoms with E-state index in [2.05, 4.69) is 10.6 Å². The number of hydrogen-bond donors (Lipinski definition) is 3. The second kappa shape index (κ2) is 6.92. The maximum Gasteiger partial charge on any atom is 0.251 e. The van der Waals surface area contributed by atoms with Crippen molar-refractivity contribution in [2.75, 3.05) is 6.61 Å². The lowest BCUT2D eigenvalue weighted by Crippen LogP contribution is -2.49. The van der Waals surface area contributed by atoms with E-state index in [-0.39, 0.29) is 24.5 Å². The highest BCUT2D eigenvalue weighted by molar-refractivity contribution is 5.98. The number of aliphatic hydroxyl groups excluding tert-OH is 1. The van der Waals surface area contributed by atoms with Gasteiger partial charge in [-0.3, -0.25) is 9.59 Å². The van der Waals surface area contributed by atoms with Crippen LogP contribution in [0.3, 0.4) is 0 Å². The summed E-state index contributed by atoms with van der Waals surface area (Å²) < 4.78 is 0. The second-order valence-electron chi connectivity index (χ2n) is 6.31. The van der Waals surface area contributed by atoms with Crippen molar-refractivity contribution in [1.29, 1.82) is 0 Å². The number of aliphatic hydroxyl groups is 1. The van der Waals surface area contributed by atoms with Crippen LogP contribution in [0.2, 0.25) is 0 Å². The largest absolute Gasteiger partial charge is 0.394 e. The first-order valence-electron chi connectivity index (χ1n) is 7.80. The molecule has 1 aromatic rings. The van der Waals surface area contributed by atoms with Crippen LogP contribution in [0, 0.1) is 0 Å². The van der Waals surface area contributed by atoms with E-state index in [1.165, 1.54) is 0 Å². The van der Waals surface area contributed by atoms with Gasteiger partial charge in [0.2, 0.25) is 0 Å². The monoisotopic (exact) mass is 304 g/mol. The molecule has 0 spiro atoms. The lowest BCUT2D eigenvalue weighted by molar-refractivity contribution is 0.0837. The van der Waals surface area contributed by atoms with Crippen LogP contribution in [0.1, 0.15) is 60.2 Å². The molecular formula is C17H24N2O3. The Kier molecular flexibility index (Phi) is 5.19. The van der Waals surface area contributed by atoms with Crippen LogP contribution in [0.15, 0.2) is 24.3 Å². The first-order chi connectivity index (χ1) is 10.5. The Balaban J connectivity index is 2.03. The second-order valence-corrected chi connectivity index (χ2v) is 6.31. The van der Waals surface area contributed by atoms with Gasteiger partial charge in [-0.05, 0) is 51.0 Å². The maximum absolute atomic E-state index is 12.3. The molecule has 0 aliphatic heterocycles. The van der Waals surface area contributed by atoms with Gasteiger partial charge < -0.3 is 15.7 Å². The molecule has 0 bridgehead atoms. The molecule has 120 valence electrons. The van der Waals surface area contributed by atoms with Crippen molar-refractivity contribution in [3.05, 3.63) is 35.4 Å². The third-order valence-corrected chi connectivity index (χ3v) is 4.07. The Morgan fingerprint density at radius 3 is 2.05 bits per heavy atom. The average molecular weight is 304 g/mol. The Labute approximate surface area is 131 Å². The SMILES string of the molecule is CC(C)NC(=O)c1ccc(C(=O)NC2(CO)CCCC2)cc1. The van der Waals surface area contributed by atoms with Crippen molar-refractivity contribution in [1.82, 2.24) is 10.6 Å². The van der Waals surface area contributed by atoms with Crippen molar-refractivity contribution in [2.24, 2.45) is 0 Å². The van der Waals surface area contributed by atoms with Crippen LogP contribution in [-0.4, -0.2) is 35.1 Å². The number of carbonyl (C=O) groups is 2. The molecule has 0 saturated heterocycles. The van der Waals surface area contributed by atoms with E-state index in [1.54, 1.807) is 24.3 Å². The van der Waals surface area contributed by atoms with E-state index in [0.717, 1.165) is 25.7 Å². The molecule has 5 heteroatoms. The fourth-order valence-electron chi connectivity index (χ4n) is 2.81. The summed E-state index contributed by atoms with van der Waals surface area (Å²) >= 11 is 0. The fraction of sp³-hybridized carbons (Fsp3) is 0.529. The summed E-state index contributed by atoms with van der Waals surface area (Å²) in [5.41, 5.74) is 0.550. The normalized spacial score (nSPS) is 16.5. The highest BCUT2D eigenvalue weighted by Crippen LogP contribution is 2.29. The van der Waals surface area contributed by atoms with E-state index >= 15 is 0 Å². The molecule has 0 unspecified atom stereocenters. The van der Waals surface area contributed by atoms with Crippen LogP contribution in [0.5, 0.6) is 0 Å². The highest BCUT2D eigenvalue weighted by Gasteiger charge is 2.34. The van der Waals surface area contributed by atoms with E-state index in [4.69, 9.17) is 0 Å². The zero-order chi connectivity index (χ0) is 16.2. The first-order valence-corrected chi connectivity index (χ1v) is 7.80.